The molecule has 25 heavy (non-hydrogen) atoms. The van der Waals surface area contributed by atoms with Crippen molar-refractivity contribution in [1.29, 1.82) is 0 Å². The van der Waals surface area contributed by atoms with E-state index >= 15 is 0 Å². The highest BCUT2D eigenvalue weighted by molar-refractivity contribution is 5.82. The predicted octanol–water partition coefficient (Wildman–Crippen LogP) is 3.91. The van der Waals surface area contributed by atoms with E-state index in [0.717, 1.165) is 11.1 Å². The molecule has 0 bridgehead atoms. The lowest BCUT2D eigenvalue weighted by molar-refractivity contribution is 0.284. The van der Waals surface area contributed by atoms with Crippen molar-refractivity contribution >= 4 is 11.0 Å². The fourth-order valence-electron chi connectivity index (χ4n) is 2.88. The number of aryl methyl sites for hydroxylation is 2. The minimum atomic E-state index is -0.0214. The second-order valence-corrected chi connectivity index (χ2v) is 6.15. The van der Waals surface area contributed by atoms with Gasteiger partial charge in [0.15, 0.2) is 5.43 Å². The molecule has 0 atom stereocenters. The summed E-state index contributed by atoms with van der Waals surface area (Å²) >= 11 is 0. The first-order valence-corrected chi connectivity index (χ1v) is 8.45. The van der Waals surface area contributed by atoms with E-state index in [9.17, 15) is 4.79 Å². The summed E-state index contributed by atoms with van der Waals surface area (Å²) in [5.74, 6) is 1.34. The molecule has 3 aromatic rings. The van der Waals surface area contributed by atoms with Gasteiger partial charge in [-0.05, 0) is 38.0 Å². The summed E-state index contributed by atoms with van der Waals surface area (Å²) in [5, 5.41) is 9.60. The van der Waals surface area contributed by atoms with Crippen molar-refractivity contribution < 1.29 is 14.3 Å². The van der Waals surface area contributed by atoms with Crippen molar-refractivity contribution in [3.8, 4) is 5.75 Å². The molecule has 1 N–H and O–H groups in total. The van der Waals surface area contributed by atoms with Crippen LogP contribution in [0, 0.1) is 13.8 Å². The normalized spacial score (nSPS) is 11.0. The molecule has 0 aliphatic rings. The first-order valence-electron chi connectivity index (χ1n) is 8.45. The molecule has 2 aromatic carbocycles. The van der Waals surface area contributed by atoms with Gasteiger partial charge < -0.3 is 14.3 Å². The van der Waals surface area contributed by atoms with Crippen LogP contribution in [0.25, 0.3) is 11.0 Å². The van der Waals surface area contributed by atoms with Crippen molar-refractivity contribution in [2.24, 2.45) is 0 Å². The maximum Gasteiger partial charge on any atom is 0.195 e. The summed E-state index contributed by atoms with van der Waals surface area (Å²) in [6, 6.07) is 13.5. The maximum atomic E-state index is 12.6. The molecule has 0 aliphatic heterocycles. The maximum absolute atomic E-state index is 12.6. The molecule has 1 heterocycles. The van der Waals surface area contributed by atoms with E-state index < -0.39 is 0 Å². The van der Waals surface area contributed by atoms with Crippen LogP contribution in [-0.4, -0.2) is 11.7 Å². The number of hydrogen-bond donors (Lipinski definition) is 1. The molecule has 0 saturated carbocycles. The van der Waals surface area contributed by atoms with Crippen LogP contribution in [0.2, 0.25) is 0 Å². The zero-order valence-corrected chi connectivity index (χ0v) is 14.5. The van der Waals surface area contributed by atoms with Crippen molar-refractivity contribution in [3.63, 3.8) is 0 Å². The van der Waals surface area contributed by atoms with E-state index in [1.807, 2.05) is 43.3 Å². The third kappa shape index (κ3) is 3.59. The Morgan fingerprint density at radius 1 is 1.04 bits per heavy atom. The Morgan fingerprint density at radius 2 is 1.80 bits per heavy atom. The monoisotopic (exact) mass is 338 g/mol. The highest BCUT2D eigenvalue weighted by Crippen LogP contribution is 2.28. The van der Waals surface area contributed by atoms with Crippen LogP contribution in [-0.2, 0) is 13.0 Å². The third-order valence-electron chi connectivity index (χ3n) is 4.38. The molecule has 0 amide bonds. The molecular weight excluding hydrogens is 316 g/mol. The van der Waals surface area contributed by atoms with Gasteiger partial charge in [0, 0.05) is 24.2 Å². The molecule has 0 radical (unpaired) electrons. The van der Waals surface area contributed by atoms with Crippen LogP contribution in [0.1, 0.15) is 28.9 Å². The van der Waals surface area contributed by atoms with Crippen molar-refractivity contribution in [3.05, 3.63) is 75.1 Å². The SMILES string of the molecule is Cc1c(CCCO)oc2c(C)c(OCc3ccccc3)ccc2c1=O. The molecule has 0 fully saturated rings. The predicted molar refractivity (Wildman–Crippen MR) is 98.1 cm³/mol. The fourth-order valence-corrected chi connectivity index (χ4v) is 2.88. The summed E-state index contributed by atoms with van der Waals surface area (Å²) in [6.45, 7) is 4.20. The van der Waals surface area contributed by atoms with Gasteiger partial charge >= 0.3 is 0 Å². The van der Waals surface area contributed by atoms with Gasteiger partial charge in [0.05, 0.1) is 5.39 Å². The molecule has 4 heteroatoms. The van der Waals surface area contributed by atoms with Gasteiger partial charge in [-0.15, -0.1) is 0 Å². The van der Waals surface area contributed by atoms with E-state index in [1.165, 1.54) is 0 Å². The molecule has 4 nitrogen and oxygen atoms in total. The highest BCUT2D eigenvalue weighted by Gasteiger charge is 2.15. The number of benzene rings is 2. The zero-order valence-electron chi connectivity index (χ0n) is 14.5. The first kappa shape index (κ1) is 17.2. The molecular formula is C21H22O4. The first-order chi connectivity index (χ1) is 12.1. The Labute approximate surface area is 146 Å². The van der Waals surface area contributed by atoms with Gasteiger partial charge in [-0.3, -0.25) is 4.79 Å². The summed E-state index contributed by atoms with van der Waals surface area (Å²) in [7, 11) is 0. The van der Waals surface area contributed by atoms with Crippen LogP contribution < -0.4 is 10.2 Å². The zero-order chi connectivity index (χ0) is 17.8. The fraction of sp³-hybridized carbons (Fsp3) is 0.286. The molecule has 3 rings (SSSR count). The minimum absolute atomic E-state index is 0.0214. The molecule has 0 aliphatic carbocycles. The van der Waals surface area contributed by atoms with Gasteiger partial charge in [-0.25, -0.2) is 0 Å². The van der Waals surface area contributed by atoms with Crippen LogP contribution in [0.15, 0.2) is 51.7 Å². The Morgan fingerprint density at radius 3 is 2.52 bits per heavy atom. The Hall–Kier alpha value is -2.59. The van der Waals surface area contributed by atoms with E-state index in [1.54, 1.807) is 13.0 Å². The van der Waals surface area contributed by atoms with E-state index in [4.69, 9.17) is 14.3 Å². The second kappa shape index (κ2) is 7.53. The number of aliphatic hydroxyl groups is 1. The molecule has 0 unspecified atom stereocenters. The highest BCUT2D eigenvalue weighted by atomic mass is 16.5. The summed E-state index contributed by atoms with van der Waals surface area (Å²) in [6.07, 6.45) is 1.11. The van der Waals surface area contributed by atoms with E-state index in [-0.39, 0.29) is 12.0 Å². The van der Waals surface area contributed by atoms with Gasteiger partial charge in [0.25, 0.3) is 0 Å². The smallest absolute Gasteiger partial charge is 0.195 e. The largest absolute Gasteiger partial charge is 0.488 e. The lowest BCUT2D eigenvalue weighted by Crippen LogP contribution is -2.10. The van der Waals surface area contributed by atoms with Gasteiger partial charge in [-0.2, -0.15) is 0 Å². The number of hydrogen-bond acceptors (Lipinski definition) is 4. The van der Waals surface area contributed by atoms with Gasteiger partial charge in [0.1, 0.15) is 23.7 Å². The lowest BCUT2D eigenvalue weighted by Gasteiger charge is -2.13. The quantitative estimate of drug-likeness (QED) is 0.740. The average Bonchev–Trinajstić information content (AvgIpc) is 2.64. The van der Waals surface area contributed by atoms with Gasteiger partial charge in [0.2, 0.25) is 0 Å². The second-order valence-electron chi connectivity index (χ2n) is 6.15. The van der Waals surface area contributed by atoms with E-state index in [0.29, 0.717) is 47.5 Å². The van der Waals surface area contributed by atoms with Crippen LogP contribution >= 0.6 is 0 Å². The number of aliphatic hydroxyl groups excluding tert-OH is 1. The summed E-state index contributed by atoms with van der Waals surface area (Å²) in [5.41, 5.74) is 3.05. The standard InChI is InChI=1S/C21H22O4/c1-14-19(9-6-12-22)25-21-15(2)18(11-10-17(21)20(14)23)24-13-16-7-4-3-5-8-16/h3-5,7-8,10-11,22H,6,9,12-13H2,1-2H3. The lowest BCUT2D eigenvalue weighted by atomic mass is 10.1. The average molecular weight is 338 g/mol. The van der Waals surface area contributed by atoms with Crippen LogP contribution in [0.3, 0.4) is 0 Å². The number of ether oxygens (including phenoxy) is 1. The summed E-state index contributed by atoms with van der Waals surface area (Å²) in [4.78, 5) is 12.6. The minimum Gasteiger partial charge on any atom is -0.488 e. The molecule has 0 spiro atoms. The number of fused-ring (bicyclic) bond motifs is 1. The van der Waals surface area contributed by atoms with Crippen molar-refractivity contribution in [2.75, 3.05) is 6.61 Å². The van der Waals surface area contributed by atoms with Crippen molar-refractivity contribution in [1.82, 2.24) is 0 Å². The molecule has 130 valence electrons. The molecule has 1 aromatic heterocycles. The topological polar surface area (TPSA) is 59.7 Å². The number of rotatable bonds is 6. The van der Waals surface area contributed by atoms with Gasteiger partial charge in [-0.1, -0.05) is 30.3 Å². The molecule has 0 saturated heterocycles. The Balaban J connectivity index is 1.97. The Bertz CT molecular complexity index is 926. The van der Waals surface area contributed by atoms with E-state index in [2.05, 4.69) is 0 Å². The van der Waals surface area contributed by atoms with Crippen molar-refractivity contribution in [2.45, 2.75) is 33.3 Å². The third-order valence-corrected chi connectivity index (χ3v) is 4.38. The van der Waals surface area contributed by atoms with Crippen LogP contribution in [0.4, 0.5) is 0 Å². The van der Waals surface area contributed by atoms with Crippen LogP contribution in [0.5, 0.6) is 5.75 Å². The Kier molecular flexibility index (Phi) is 5.19. The summed E-state index contributed by atoms with van der Waals surface area (Å²) < 4.78 is 11.9.